The minimum atomic E-state index is -0.886. The lowest BCUT2D eigenvalue weighted by molar-refractivity contribution is -0.380. The molecule has 0 aromatic carbocycles. The maximum Gasteiger partial charge on any atom is 0.340 e. The number of primary amides is 1. The molecule has 7 heteroatoms. The van der Waals surface area contributed by atoms with Crippen LogP contribution in [0.25, 0.3) is 0 Å². The first kappa shape index (κ1) is 10.9. The van der Waals surface area contributed by atoms with Crippen LogP contribution < -0.4 is 5.73 Å². The molecular weight excluding hydrogens is 220 g/mol. The van der Waals surface area contributed by atoms with E-state index in [9.17, 15) is 19.7 Å². The van der Waals surface area contributed by atoms with Crippen LogP contribution in [0, 0.1) is 22.0 Å². The van der Waals surface area contributed by atoms with Gasteiger partial charge in [-0.1, -0.05) is 11.3 Å². The van der Waals surface area contributed by atoms with Crippen molar-refractivity contribution in [3.05, 3.63) is 26.6 Å². The first-order valence-corrected chi connectivity index (χ1v) is 4.41. The van der Waals surface area contributed by atoms with Crippen molar-refractivity contribution in [3.8, 4) is 11.8 Å². The van der Waals surface area contributed by atoms with Crippen LogP contribution in [0.5, 0.6) is 0 Å². The molecule has 0 aliphatic heterocycles. The van der Waals surface area contributed by atoms with E-state index in [-0.39, 0.29) is 15.4 Å². The minimum absolute atomic E-state index is 0.0194. The molecule has 0 bridgehead atoms. The van der Waals surface area contributed by atoms with E-state index in [1.54, 1.807) is 0 Å². The summed E-state index contributed by atoms with van der Waals surface area (Å²) in [4.78, 5) is 30.7. The Labute approximate surface area is 87.8 Å². The van der Waals surface area contributed by atoms with Gasteiger partial charge in [-0.25, -0.2) is 0 Å². The van der Waals surface area contributed by atoms with Gasteiger partial charge in [-0.15, -0.1) is 0 Å². The third-order valence-corrected chi connectivity index (χ3v) is 2.35. The van der Waals surface area contributed by atoms with Gasteiger partial charge < -0.3 is 5.73 Å². The van der Waals surface area contributed by atoms with Gasteiger partial charge in [0.1, 0.15) is 5.56 Å². The molecule has 0 spiro atoms. The number of amides is 1. The molecule has 1 rings (SSSR count). The number of nitrogens with two attached hydrogens (primary N) is 1. The number of thiophene rings is 1. The average molecular weight is 224 g/mol. The zero-order valence-corrected chi connectivity index (χ0v) is 8.04. The van der Waals surface area contributed by atoms with E-state index in [0.717, 1.165) is 0 Å². The molecule has 1 amide bonds. The average Bonchev–Trinajstić information content (AvgIpc) is 2.57. The Balaban J connectivity index is 3.22. The van der Waals surface area contributed by atoms with E-state index < -0.39 is 10.8 Å². The van der Waals surface area contributed by atoms with Crippen LogP contribution in [-0.2, 0) is 4.79 Å². The fourth-order valence-electron chi connectivity index (χ4n) is 0.812. The maximum absolute atomic E-state index is 10.5. The van der Waals surface area contributed by atoms with Crippen LogP contribution >= 0.6 is 11.3 Å². The van der Waals surface area contributed by atoms with Crippen molar-refractivity contribution in [2.75, 3.05) is 0 Å². The molecule has 0 saturated carbocycles. The van der Waals surface area contributed by atoms with E-state index >= 15 is 0 Å². The SMILES string of the molecule is NC(=O)C#Cc1cc(C=O)sc1[N+](=O)[O-]. The highest BCUT2D eigenvalue weighted by atomic mass is 32.1. The topological polar surface area (TPSA) is 103 Å². The highest BCUT2D eigenvalue weighted by Gasteiger charge is 2.17. The lowest BCUT2D eigenvalue weighted by Gasteiger charge is -1.83. The van der Waals surface area contributed by atoms with Crippen molar-refractivity contribution in [1.29, 1.82) is 0 Å². The normalized spacial score (nSPS) is 8.80. The monoisotopic (exact) mass is 224 g/mol. The predicted octanol–water partition coefficient (Wildman–Crippen LogP) is 0.306. The molecule has 0 aliphatic carbocycles. The lowest BCUT2D eigenvalue weighted by Crippen LogP contribution is -2.06. The quantitative estimate of drug-likeness (QED) is 0.337. The minimum Gasteiger partial charge on any atom is -0.359 e. The molecule has 1 aromatic rings. The molecule has 0 fully saturated rings. The van der Waals surface area contributed by atoms with Gasteiger partial charge in [0.15, 0.2) is 6.29 Å². The molecule has 0 atom stereocenters. The van der Waals surface area contributed by atoms with Crippen molar-refractivity contribution in [1.82, 2.24) is 0 Å². The standard InChI is InChI=1S/C8H4N2O4S/c9-7(12)2-1-5-3-6(4-11)15-8(5)10(13)14/h3-4H,(H2,9,12). The van der Waals surface area contributed by atoms with Gasteiger partial charge >= 0.3 is 5.00 Å². The van der Waals surface area contributed by atoms with Crippen LogP contribution in [0.3, 0.4) is 0 Å². The van der Waals surface area contributed by atoms with E-state index in [1.165, 1.54) is 6.07 Å². The fourth-order valence-corrected chi connectivity index (χ4v) is 1.55. The van der Waals surface area contributed by atoms with Crippen molar-refractivity contribution in [2.24, 2.45) is 5.73 Å². The van der Waals surface area contributed by atoms with Crippen molar-refractivity contribution in [3.63, 3.8) is 0 Å². The van der Waals surface area contributed by atoms with Crippen LogP contribution in [0.4, 0.5) is 5.00 Å². The van der Waals surface area contributed by atoms with Gasteiger partial charge in [0.2, 0.25) is 0 Å². The van der Waals surface area contributed by atoms with Crippen LogP contribution in [-0.4, -0.2) is 17.1 Å². The molecule has 1 heterocycles. The first-order valence-electron chi connectivity index (χ1n) is 3.59. The maximum atomic E-state index is 10.5. The second-order valence-electron chi connectivity index (χ2n) is 2.36. The highest BCUT2D eigenvalue weighted by molar-refractivity contribution is 7.17. The molecule has 0 saturated heterocycles. The highest BCUT2D eigenvalue weighted by Crippen LogP contribution is 2.28. The number of carbonyl (C=O) groups is 2. The molecule has 0 aliphatic rings. The Morgan fingerprint density at radius 1 is 1.67 bits per heavy atom. The van der Waals surface area contributed by atoms with Crippen LogP contribution in [0.1, 0.15) is 15.2 Å². The first-order chi connectivity index (χ1) is 7.04. The number of hydrogen-bond donors (Lipinski definition) is 1. The summed E-state index contributed by atoms with van der Waals surface area (Å²) >= 11 is 0.698. The van der Waals surface area contributed by atoms with Crippen molar-refractivity contribution in [2.45, 2.75) is 0 Å². The summed E-state index contributed by atoms with van der Waals surface area (Å²) in [5, 5.41) is 10.2. The Kier molecular flexibility index (Phi) is 3.15. The Morgan fingerprint density at radius 3 is 2.80 bits per heavy atom. The van der Waals surface area contributed by atoms with Gasteiger partial charge in [0, 0.05) is 5.92 Å². The number of hydrogen-bond acceptors (Lipinski definition) is 5. The summed E-state index contributed by atoms with van der Waals surface area (Å²) in [5.74, 6) is 3.32. The predicted molar refractivity (Wildman–Crippen MR) is 52.4 cm³/mol. The molecule has 6 nitrogen and oxygen atoms in total. The van der Waals surface area contributed by atoms with Crippen LogP contribution in [0.2, 0.25) is 0 Å². The summed E-state index contributed by atoms with van der Waals surface area (Å²) < 4.78 is 0. The van der Waals surface area contributed by atoms with E-state index in [1.807, 2.05) is 5.92 Å². The second kappa shape index (κ2) is 4.34. The molecule has 1 aromatic heterocycles. The number of nitro groups is 1. The van der Waals surface area contributed by atoms with E-state index in [4.69, 9.17) is 5.73 Å². The van der Waals surface area contributed by atoms with Crippen molar-refractivity contribution < 1.29 is 14.5 Å². The van der Waals surface area contributed by atoms with Crippen molar-refractivity contribution >= 4 is 28.5 Å². The molecule has 15 heavy (non-hydrogen) atoms. The third-order valence-electron chi connectivity index (χ3n) is 1.33. The van der Waals surface area contributed by atoms with Gasteiger partial charge in [-0.3, -0.25) is 19.7 Å². The summed E-state index contributed by atoms with van der Waals surface area (Å²) in [6.45, 7) is 0. The number of aldehydes is 1. The van der Waals surface area contributed by atoms with Crippen LogP contribution in [0.15, 0.2) is 6.07 Å². The number of nitrogens with zero attached hydrogens (tertiary/aromatic N) is 1. The Bertz CT molecular complexity index is 494. The second-order valence-corrected chi connectivity index (χ2v) is 3.42. The smallest absolute Gasteiger partial charge is 0.340 e. The Morgan fingerprint density at radius 2 is 2.33 bits per heavy atom. The largest absolute Gasteiger partial charge is 0.359 e. The summed E-state index contributed by atoms with van der Waals surface area (Å²) in [6.07, 6.45) is 0.479. The van der Waals surface area contributed by atoms with Gasteiger partial charge in [-0.2, -0.15) is 0 Å². The zero-order chi connectivity index (χ0) is 11.4. The summed E-state index contributed by atoms with van der Waals surface area (Å²) in [5.41, 5.74) is 4.78. The van der Waals surface area contributed by atoms with Gasteiger partial charge in [0.05, 0.1) is 9.80 Å². The molecule has 0 radical (unpaired) electrons. The number of rotatable bonds is 2. The van der Waals surface area contributed by atoms with E-state index in [0.29, 0.717) is 17.6 Å². The molecule has 2 N–H and O–H groups in total. The zero-order valence-electron chi connectivity index (χ0n) is 7.22. The summed E-state index contributed by atoms with van der Waals surface area (Å²) in [6, 6.07) is 1.24. The fraction of sp³-hybridized carbons (Fsp3) is 0. The number of carbonyl (C=O) groups excluding carboxylic acids is 2. The Hall–Kier alpha value is -2.20. The molecule has 76 valence electrons. The third kappa shape index (κ3) is 2.62. The summed E-state index contributed by atoms with van der Waals surface area (Å²) in [7, 11) is 0. The van der Waals surface area contributed by atoms with Gasteiger partial charge in [-0.05, 0) is 12.0 Å². The van der Waals surface area contributed by atoms with E-state index in [2.05, 4.69) is 5.92 Å². The molecule has 0 unspecified atom stereocenters. The lowest BCUT2D eigenvalue weighted by atomic mass is 10.3. The molecular formula is C8H4N2O4S. The van der Waals surface area contributed by atoms with Gasteiger partial charge in [0.25, 0.3) is 5.91 Å².